The molecule has 4 atom stereocenters. The summed E-state index contributed by atoms with van der Waals surface area (Å²) in [6.45, 7) is -0.752. The molecule has 0 radical (unpaired) electrons. The topological polar surface area (TPSA) is 38.3 Å². The van der Waals surface area contributed by atoms with Crippen LogP contribution in [0.1, 0.15) is 30.7 Å². The lowest BCUT2D eigenvalue weighted by Crippen LogP contribution is -2.48. The van der Waals surface area contributed by atoms with Crippen molar-refractivity contribution in [3.63, 3.8) is 0 Å². The largest absolute Gasteiger partial charge is 0.463 e. The maximum absolute atomic E-state index is 12.4. The average molecular weight is 403 g/mol. The number of carbonyl (C=O) groups excluding carboxylic acids is 1. The first-order chi connectivity index (χ1) is 10.2. The number of esters is 1. The number of nitrogens with one attached hydrogen (secondary N) is 1. The number of alkyl halides is 1. The molecule has 2 bridgehead atoms. The first kappa shape index (κ1) is 15.2. The molecule has 5 heteroatoms. The van der Waals surface area contributed by atoms with Crippen LogP contribution < -0.4 is 5.32 Å². The Morgan fingerprint density at radius 1 is 1.33 bits per heavy atom. The van der Waals surface area contributed by atoms with Gasteiger partial charge >= 0.3 is 5.97 Å². The Hall–Kier alpha value is -0.690. The van der Waals surface area contributed by atoms with Crippen LogP contribution in [0.3, 0.4) is 0 Å². The standard InChI is InChI=1S/C16H19FINO2/c17-7-8-21-16(20)15-13(9-12-5-6-14(15)19-12)10-1-3-11(18)4-2-10/h1-4,12-15,19H,5-9H2/t12-,13+,14+,15-/m0/s1. The summed E-state index contributed by atoms with van der Waals surface area (Å²) < 4.78 is 18.6. The van der Waals surface area contributed by atoms with Crippen molar-refractivity contribution in [2.45, 2.75) is 37.3 Å². The maximum Gasteiger partial charge on any atom is 0.311 e. The Balaban J connectivity index is 1.84. The maximum atomic E-state index is 12.4. The number of rotatable bonds is 4. The molecule has 2 saturated heterocycles. The van der Waals surface area contributed by atoms with E-state index in [1.807, 2.05) is 0 Å². The number of fused-ring (bicyclic) bond motifs is 2. The number of benzene rings is 1. The number of ether oxygens (including phenoxy) is 1. The highest BCUT2D eigenvalue weighted by molar-refractivity contribution is 14.1. The molecule has 1 N–H and O–H groups in total. The van der Waals surface area contributed by atoms with Crippen LogP contribution in [0.5, 0.6) is 0 Å². The molecule has 3 rings (SSSR count). The van der Waals surface area contributed by atoms with Crippen molar-refractivity contribution in [2.24, 2.45) is 5.92 Å². The van der Waals surface area contributed by atoms with E-state index in [0.29, 0.717) is 6.04 Å². The van der Waals surface area contributed by atoms with Crippen LogP contribution in [-0.2, 0) is 9.53 Å². The Morgan fingerprint density at radius 2 is 2.10 bits per heavy atom. The summed E-state index contributed by atoms with van der Waals surface area (Å²) in [7, 11) is 0. The Morgan fingerprint density at radius 3 is 2.81 bits per heavy atom. The summed E-state index contributed by atoms with van der Waals surface area (Å²) in [5, 5.41) is 3.51. The minimum atomic E-state index is -0.618. The second-order valence-electron chi connectivity index (χ2n) is 5.82. The van der Waals surface area contributed by atoms with E-state index in [2.05, 4.69) is 52.2 Å². The predicted octanol–water partition coefficient (Wildman–Crippen LogP) is 3.03. The van der Waals surface area contributed by atoms with Crippen LogP contribution >= 0.6 is 22.6 Å². The molecule has 2 fully saturated rings. The lowest BCUT2D eigenvalue weighted by atomic mass is 9.77. The smallest absolute Gasteiger partial charge is 0.311 e. The van der Waals surface area contributed by atoms with Crippen LogP contribution in [0.25, 0.3) is 0 Å². The summed E-state index contributed by atoms with van der Waals surface area (Å²) in [6, 6.07) is 9.01. The quantitative estimate of drug-likeness (QED) is 0.621. The third-order valence-corrected chi connectivity index (χ3v) is 5.29. The van der Waals surface area contributed by atoms with Gasteiger partial charge in [0, 0.05) is 21.6 Å². The minimum Gasteiger partial charge on any atom is -0.463 e. The molecular formula is C16H19FINO2. The molecule has 21 heavy (non-hydrogen) atoms. The lowest BCUT2D eigenvalue weighted by molar-refractivity contribution is -0.151. The molecule has 0 amide bonds. The highest BCUT2D eigenvalue weighted by atomic mass is 127. The fourth-order valence-electron chi connectivity index (χ4n) is 3.67. The van der Waals surface area contributed by atoms with Crippen molar-refractivity contribution < 1.29 is 13.9 Å². The van der Waals surface area contributed by atoms with Crippen LogP contribution in [0.2, 0.25) is 0 Å². The average Bonchev–Trinajstić information content (AvgIpc) is 2.87. The first-order valence-electron chi connectivity index (χ1n) is 7.43. The van der Waals surface area contributed by atoms with Crippen molar-refractivity contribution >= 4 is 28.6 Å². The van der Waals surface area contributed by atoms with Crippen molar-refractivity contribution in [2.75, 3.05) is 13.3 Å². The Kier molecular flexibility index (Phi) is 4.78. The fourth-order valence-corrected chi connectivity index (χ4v) is 4.03. The van der Waals surface area contributed by atoms with Gasteiger partial charge in [0.1, 0.15) is 13.3 Å². The number of hydrogen-bond acceptors (Lipinski definition) is 3. The SMILES string of the molecule is O=C(OCCF)[C@H]1[C@@H](c2ccc(I)cc2)C[C@@H]2CC[C@H]1N2. The molecule has 2 aliphatic heterocycles. The van der Waals surface area contributed by atoms with Crippen molar-refractivity contribution in [3.8, 4) is 0 Å². The van der Waals surface area contributed by atoms with E-state index in [9.17, 15) is 9.18 Å². The van der Waals surface area contributed by atoms with Gasteiger partial charge in [-0.2, -0.15) is 0 Å². The monoisotopic (exact) mass is 403 g/mol. The van der Waals surface area contributed by atoms with Gasteiger partial charge in [0.2, 0.25) is 0 Å². The van der Waals surface area contributed by atoms with E-state index in [4.69, 9.17) is 4.74 Å². The molecule has 0 aromatic heterocycles. The zero-order valence-electron chi connectivity index (χ0n) is 11.7. The van der Waals surface area contributed by atoms with Gasteiger partial charge in [-0.15, -0.1) is 0 Å². The molecule has 114 valence electrons. The van der Waals surface area contributed by atoms with Gasteiger partial charge in [0.15, 0.2) is 0 Å². The van der Waals surface area contributed by atoms with Crippen molar-refractivity contribution in [1.82, 2.24) is 5.32 Å². The third kappa shape index (κ3) is 3.23. The summed E-state index contributed by atoms with van der Waals surface area (Å²) in [5.41, 5.74) is 1.19. The van der Waals surface area contributed by atoms with Gasteiger partial charge in [0.25, 0.3) is 0 Å². The highest BCUT2D eigenvalue weighted by Crippen LogP contribution is 2.42. The zero-order chi connectivity index (χ0) is 14.8. The normalized spacial score (nSPS) is 31.1. The zero-order valence-corrected chi connectivity index (χ0v) is 13.9. The summed E-state index contributed by atoms with van der Waals surface area (Å²) in [6.07, 6.45) is 3.06. The molecule has 0 unspecified atom stereocenters. The number of carbonyl (C=O) groups is 1. The van der Waals surface area contributed by atoms with Gasteiger partial charge in [-0.25, -0.2) is 4.39 Å². The Labute approximate surface area is 137 Å². The molecule has 2 aliphatic rings. The number of halogens is 2. The Bertz CT molecular complexity index is 508. The summed E-state index contributed by atoms with van der Waals surface area (Å²) in [5.74, 6) is -0.280. The van der Waals surface area contributed by atoms with Gasteiger partial charge in [0.05, 0.1) is 5.92 Å². The number of piperidine rings is 1. The molecule has 0 saturated carbocycles. The van der Waals surface area contributed by atoms with Gasteiger partial charge in [-0.05, 0) is 59.5 Å². The van der Waals surface area contributed by atoms with E-state index in [-0.39, 0.29) is 30.5 Å². The third-order valence-electron chi connectivity index (χ3n) is 4.57. The van der Waals surface area contributed by atoms with E-state index in [1.54, 1.807) is 0 Å². The number of hydrogen-bond donors (Lipinski definition) is 1. The molecule has 3 nitrogen and oxygen atoms in total. The van der Waals surface area contributed by atoms with E-state index in [0.717, 1.165) is 19.3 Å². The van der Waals surface area contributed by atoms with Gasteiger partial charge in [-0.1, -0.05) is 12.1 Å². The summed E-state index contributed by atoms with van der Waals surface area (Å²) in [4.78, 5) is 12.4. The van der Waals surface area contributed by atoms with E-state index < -0.39 is 6.67 Å². The van der Waals surface area contributed by atoms with Crippen LogP contribution in [0, 0.1) is 9.49 Å². The molecular weight excluding hydrogens is 384 g/mol. The van der Waals surface area contributed by atoms with Crippen LogP contribution in [0.4, 0.5) is 4.39 Å². The van der Waals surface area contributed by atoms with Gasteiger partial charge in [-0.3, -0.25) is 4.79 Å². The van der Waals surface area contributed by atoms with Crippen molar-refractivity contribution in [1.29, 1.82) is 0 Å². The lowest BCUT2D eigenvalue weighted by Gasteiger charge is -2.36. The van der Waals surface area contributed by atoms with Crippen molar-refractivity contribution in [3.05, 3.63) is 33.4 Å². The van der Waals surface area contributed by atoms with E-state index in [1.165, 1.54) is 9.13 Å². The van der Waals surface area contributed by atoms with Gasteiger partial charge < -0.3 is 10.1 Å². The molecule has 1 aromatic rings. The molecule has 0 aliphatic carbocycles. The second kappa shape index (κ2) is 6.60. The molecule has 0 spiro atoms. The van der Waals surface area contributed by atoms with E-state index >= 15 is 0 Å². The highest BCUT2D eigenvalue weighted by Gasteiger charge is 2.46. The molecule has 1 aromatic carbocycles. The first-order valence-corrected chi connectivity index (χ1v) is 8.51. The molecule has 2 heterocycles. The van der Waals surface area contributed by atoms with Crippen LogP contribution in [0.15, 0.2) is 24.3 Å². The summed E-state index contributed by atoms with van der Waals surface area (Å²) >= 11 is 2.28. The predicted molar refractivity (Wildman–Crippen MR) is 86.9 cm³/mol. The minimum absolute atomic E-state index is 0.134. The fraction of sp³-hybridized carbons (Fsp3) is 0.562. The second-order valence-corrected chi connectivity index (χ2v) is 7.07. The van der Waals surface area contributed by atoms with Crippen LogP contribution in [-0.4, -0.2) is 31.3 Å².